The normalized spacial score (nSPS) is 47.4. The smallest absolute Gasteiger partial charge is 0.230 e. The number of nitrogens with one attached hydrogen (secondary N) is 1. The molecule has 19 heavy (non-hydrogen) atoms. The van der Waals surface area contributed by atoms with Crippen molar-refractivity contribution in [1.29, 1.82) is 0 Å². The van der Waals surface area contributed by atoms with Gasteiger partial charge in [0.25, 0.3) is 0 Å². The van der Waals surface area contributed by atoms with E-state index in [-0.39, 0.29) is 0 Å². The Hall–Kier alpha value is -0.900. The van der Waals surface area contributed by atoms with Gasteiger partial charge in [0, 0.05) is 18.4 Å². The highest BCUT2D eigenvalue weighted by atomic mass is 16.5. The van der Waals surface area contributed by atoms with Gasteiger partial charge in [0.15, 0.2) is 5.82 Å². The molecule has 1 N–H and O–H groups in total. The van der Waals surface area contributed by atoms with Gasteiger partial charge in [-0.1, -0.05) is 5.16 Å². The minimum atomic E-state index is 0.474. The molecule has 2 bridgehead atoms. The van der Waals surface area contributed by atoms with E-state index >= 15 is 0 Å². The molecule has 0 radical (unpaired) electrons. The largest absolute Gasteiger partial charge is 0.339 e. The van der Waals surface area contributed by atoms with Crippen LogP contribution in [0.5, 0.6) is 0 Å². The second kappa shape index (κ2) is 3.81. The van der Waals surface area contributed by atoms with Gasteiger partial charge in [-0.2, -0.15) is 4.98 Å². The maximum atomic E-state index is 5.61. The number of aromatic nitrogens is 2. The first-order valence-electron chi connectivity index (χ1n) is 7.96. The summed E-state index contributed by atoms with van der Waals surface area (Å²) in [6.07, 6.45) is 6.83. The van der Waals surface area contributed by atoms with Crippen LogP contribution in [0.4, 0.5) is 0 Å². The van der Waals surface area contributed by atoms with Crippen molar-refractivity contribution in [3.8, 4) is 0 Å². The fraction of sp³-hybridized carbons (Fsp3) is 0.867. The summed E-state index contributed by atoms with van der Waals surface area (Å²) in [6, 6.07) is 0. The van der Waals surface area contributed by atoms with E-state index in [1.807, 2.05) is 0 Å². The molecule has 4 heteroatoms. The Morgan fingerprint density at radius 1 is 1.11 bits per heavy atom. The number of piperidine rings is 1. The van der Waals surface area contributed by atoms with E-state index in [0.29, 0.717) is 11.8 Å². The van der Waals surface area contributed by atoms with E-state index in [9.17, 15) is 0 Å². The van der Waals surface area contributed by atoms with Crippen molar-refractivity contribution in [2.75, 3.05) is 13.1 Å². The van der Waals surface area contributed by atoms with Crippen molar-refractivity contribution >= 4 is 0 Å². The van der Waals surface area contributed by atoms with Crippen LogP contribution in [0, 0.1) is 23.7 Å². The average Bonchev–Trinajstić information content (AvgIpc) is 2.89. The minimum absolute atomic E-state index is 0.474. The molecule has 0 amide bonds. The van der Waals surface area contributed by atoms with Gasteiger partial charge in [-0.3, -0.25) is 0 Å². The number of fused-ring (bicyclic) bond motifs is 5. The summed E-state index contributed by atoms with van der Waals surface area (Å²) in [6.45, 7) is 2.15. The van der Waals surface area contributed by atoms with Gasteiger partial charge in [0.1, 0.15) is 0 Å². The van der Waals surface area contributed by atoms with Crippen LogP contribution in [0.25, 0.3) is 0 Å². The lowest BCUT2D eigenvalue weighted by Gasteiger charge is -2.19. The van der Waals surface area contributed by atoms with Gasteiger partial charge in [-0.25, -0.2) is 0 Å². The number of hydrogen-bond acceptors (Lipinski definition) is 4. The summed E-state index contributed by atoms with van der Waals surface area (Å²) in [7, 11) is 0. The molecule has 4 aliphatic rings. The maximum absolute atomic E-state index is 5.61. The zero-order chi connectivity index (χ0) is 12.4. The monoisotopic (exact) mass is 259 g/mol. The molecular weight excluding hydrogens is 238 g/mol. The molecule has 4 nitrogen and oxygen atoms in total. The van der Waals surface area contributed by atoms with Crippen LogP contribution in [0.1, 0.15) is 55.7 Å². The molecule has 102 valence electrons. The minimum Gasteiger partial charge on any atom is -0.339 e. The summed E-state index contributed by atoms with van der Waals surface area (Å²) < 4.78 is 5.61. The van der Waals surface area contributed by atoms with Gasteiger partial charge < -0.3 is 9.84 Å². The Morgan fingerprint density at radius 3 is 2.68 bits per heavy atom. The molecular formula is C15H21N3O. The summed E-state index contributed by atoms with van der Waals surface area (Å²) in [5.41, 5.74) is 0. The fourth-order valence-electron chi connectivity index (χ4n) is 5.28. The van der Waals surface area contributed by atoms with Crippen molar-refractivity contribution in [3.63, 3.8) is 0 Å². The van der Waals surface area contributed by atoms with Crippen molar-refractivity contribution in [3.05, 3.63) is 11.7 Å². The highest BCUT2D eigenvalue weighted by molar-refractivity contribution is 5.23. The van der Waals surface area contributed by atoms with Crippen LogP contribution in [0.15, 0.2) is 4.52 Å². The Balaban J connectivity index is 1.36. The van der Waals surface area contributed by atoms with Crippen molar-refractivity contribution in [2.45, 2.75) is 43.9 Å². The highest BCUT2D eigenvalue weighted by Crippen LogP contribution is 2.72. The third-order valence-corrected chi connectivity index (χ3v) is 6.14. The van der Waals surface area contributed by atoms with Crippen molar-refractivity contribution in [1.82, 2.24) is 15.5 Å². The Kier molecular flexibility index (Phi) is 2.17. The van der Waals surface area contributed by atoms with Crippen molar-refractivity contribution in [2.24, 2.45) is 23.7 Å². The van der Waals surface area contributed by atoms with Crippen LogP contribution >= 0.6 is 0 Å². The molecule has 1 aromatic heterocycles. The lowest BCUT2D eigenvalue weighted by molar-refractivity contribution is 0.345. The number of rotatable bonds is 2. The molecule has 0 aromatic carbocycles. The van der Waals surface area contributed by atoms with Gasteiger partial charge in [-0.15, -0.1) is 0 Å². The first-order chi connectivity index (χ1) is 9.42. The van der Waals surface area contributed by atoms with E-state index < -0.39 is 0 Å². The molecule has 1 aromatic rings. The predicted molar refractivity (Wildman–Crippen MR) is 69.7 cm³/mol. The Labute approximate surface area is 113 Å². The first-order valence-corrected chi connectivity index (χ1v) is 7.96. The van der Waals surface area contributed by atoms with Crippen LogP contribution < -0.4 is 5.32 Å². The van der Waals surface area contributed by atoms with Crippen LogP contribution in [-0.4, -0.2) is 23.2 Å². The molecule has 3 aliphatic carbocycles. The van der Waals surface area contributed by atoms with Crippen LogP contribution in [0.2, 0.25) is 0 Å². The summed E-state index contributed by atoms with van der Waals surface area (Å²) >= 11 is 0. The second-order valence-electron chi connectivity index (χ2n) is 7.05. The van der Waals surface area contributed by atoms with Crippen LogP contribution in [0.3, 0.4) is 0 Å². The first kappa shape index (κ1) is 10.8. The molecule has 2 heterocycles. The van der Waals surface area contributed by atoms with Gasteiger partial charge >= 0.3 is 0 Å². The summed E-state index contributed by atoms with van der Waals surface area (Å²) in [5, 5.41) is 7.70. The molecule has 3 saturated carbocycles. The summed E-state index contributed by atoms with van der Waals surface area (Å²) in [5.74, 6) is 6.78. The van der Waals surface area contributed by atoms with E-state index in [4.69, 9.17) is 9.51 Å². The zero-order valence-corrected chi connectivity index (χ0v) is 11.2. The molecule has 1 aliphatic heterocycles. The topological polar surface area (TPSA) is 51.0 Å². The second-order valence-corrected chi connectivity index (χ2v) is 7.05. The molecule has 4 fully saturated rings. The molecule has 5 unspecified atom stereocenters. The third-order valence-electron chi connectivity index (χ3n) is 6.14. The average molecular weight is 259 g/mol. The van der Waals surface area contributed by atoms with E-state index in [1.54, 1.807) is 0 Å². The number of hydrogen-bond donors (Lipinski definition) is 1. The molecule has 5 atom stereocenters. The van der Waals surface area contributed by atoms with Gasteiger partial charge in [0.05, 0.1) is 0 Å². The molecule has 0 spiro atoms. The summed E-state index contributed by atoms with van der Waals surface area (Å²) in [4.78, 5) is 4.76. The van der Waals surface area contributed by atoms with E-state index in [0.717, 1.165) is 48.5 Å². The third kappa shape index (κ3) is 1.49. The van der Waals surface area contributed by atoms with Gasteiger partial charge in [0.2, 0.25) is 5.89 Å². The SMILES string of the molecule is C1CNCC(c2noc(C3C4C5CCC(C5)C34)n2)C1. The van der Waals surface area contributed by atoms with Crippen LogP contribution in [-0.2, 0) is 0 Å². The van der Waals surface area contributed by atoms with E-state index in [1.165, 1.54) is 32.1 Å². The fourth-order valence-corrected chi connectivity index (χ4v) is 5.28. The number of nitrogens with zero attached hydrogens (tertiary/aromatic N) is 2. The molecule has 5 rings (SSSR count). The Bertz CT molecular complexity index is 477. The van der Waals surface area contributed by atoms with Crippen molar-refractivity contribution < 1.29 is 4.52 Å². The lowest BCUT2D eigenvalue weighted by atomic mass is 9.99. The Morgan fingerprint density at radius 2 is 1.95 bits per heavy atom. The predicted octanol–water partition coefficient (Wildman–Crippen LogP) is 2.30. The highest BCUT2D eigenvalue weighted by Gasteiger charge is 2.67. The standard InChI is InChI=1S/C15H21N3O/c1-2-10(7-16-5-1)14-17-15(19-18-14)13-11-8-3-4-9(6-8)12(11)13/h8-13,16H,1-7H2. The van der Waals surface area contributed by atoms with E-state index in [2.05, 4.69) is 10.5 Å². The molecule has 1 saturated heterocycles. The quantitative estimate of drug-likeness (QED) is 0.885. The zero-order valence-electron chi connectivity index (χ0n) is 11.2. The lowest BCUT2D eigenvalue weighted by Crippen LogP contribution is -2.28. The maximum Gasteiger partial charge on any atom is 0.230 e. The van der Waals surface area contributed by atoms with Gasteiger partial charge in [-0.05, 0) is 62.3 Å².